The van der Waals surface area contributed by atoms with Gasteiger partial charge in [-0.15, -0.1) is 0 Å². The maximum Gasteiger partial charge on any atom is 0.251 e. The second kappa shape index (κ2) is 8.61. The van der Waals surface area contributed by atoms with Crippen LogP contribution in [0.3, 0.4) is 0 Å². The molecule has 1 aromatic heterocycles. The molecule has 0 atom stereocenters. The predicted molar refractivity (Wildman–Crippen MR) is 110 cm³/mol. The SMILES string of the molecule is CCCc1c(-c2ccc(N3CCCC3)cc2)c(C(N)=O)c(C)n1CCCO. The maximum atomic E-state index is 12.3. The Balaban J connectivity index is 2.07. The zero-order chi connectivity index (χ0) is 19.4. The Hall–Kier alpha value is -2.27. The number of primary amides is 1. The second-order valence-electron chi connectivity index (χ2n) is 7.37. The first-order chi connectivity index (χ1) is 13.1. The van der Waals surface area contributed by atoms with Gasteiger partial charge in [0.05, 0.1) is 5.56 Å². The van der Waals surface area contributed by atoms with E-state index in [1.54, 1.807) is 0 Å². The van der Waals surface area contributed by atoms with E-state index in [0.29, 0.717) is 18.5 Å². The number of anilines is 1. The molecule has 1 aromatic carbocycles. The average molecular weight is 370 g/mol. The number of benzene rings is 1. The molecule has 0 saturated carbocycles. The summed E-state index contributed by atoms with van der Waals surface area (Å²) in [5, 5.41) is 9.27. The molecule has 2 aromatic rings. The third-order valence-corrected chi connectivity index (χ3v) is 5.53. The molecule has 1 amide bonds. The van der Waals surface area contributed by atoms with E-state index in [2.05, 4.69) is 40.7 Å². The van der Waals surface area contributed by atoms with Gasteiger partial charge in [0.25, 0.3) is 5.91 Å². The van der Waals surface area contributed by atoms with Crippen LogP contribution in [0, 0.1) is 6.92 Å². The number of hydrogen-bond acceptors (Lipinski definition) is 3. The lowest BCUT2D eigenvalue weighted by molar-refractivity contribution is 0.1000. The second-order valence-corrected chi connectivity index (χ2v) is 7.37. The molecule has 1 fully saturated rings. The summed E-state index contributed by atoms with van der Waals surface area (Å²) in [5.41, 5.74) is 11.7. The van der Waals surface area contributed by atoms with Gasteiger partial charge in [0.15, 0.2) is 0 Å². The quantitative estimate of drug-likeness (QED) is 0.748. The highest BCUT2D eigenvalue weighted by atomic mass is 16.3. The first kappa shape index (κ1) is 19.5. The van der Waals surface area contributed by atoms with E-state index in [-0.39, 0.29) is 12.5 Å². The molecule has 27 heavy (non-hydrogen) atoms. The molecule has 0 unspecified atom stereocenters. The third kappa shape index (κ3) is 3.88. The van der Waals surface area contributed by atoms with Crippen LogP contribution in [0.4, 0.5) is 5.69 Å². The minimum atomic E-state index is -0.383. The molecule has 3 N–H and O–H groups in total. The molecule has 0 bridgehead atoms. The highest BCUT2D eigenvalue weighted by Gasteiger charge is 2.24. The van der Waals surface area contributed by atoms with Gasteiger partial charge < -0.3 is 20.3 Å². The summed E-state index contributed by atoms with van der Waals surface area (Å²) in [6, 6.07) is 8.54. The van der Waals surface area contributed by atoms with Crippen molar-refractivity contribution in [1.29, 1.82) is 0 Å². The lowest BCUT2D eigenvalue weighted by Crippen LogP contribution is -2.17. The molecule has 1 aliphatic rings. The Bertz CT molecular complexity index is 787. The van der Waals surface area contributed by atoms with Crippen LogP contribution in [0.5, 0.6) is 0 Å². The van der Waals surface area contributed by atoms with Crippen LogP contribution < -0.4 is 10.6 Å². The average Bonchev–Trinajstić information content (AvgIpc) is 3.28. The highest BCUT2D eigenvalue weighted by Crippen LogP contribution is 2.35. The number of carbonyl (C=O) groups excluding carboxylic acids is 1. The largest absolute Gasteiger partial charge is 0.396 e. The number of aliphatic hydroxyl groups is 1. The van der Waals surface area contributed by atoms with Gasteiger partial charge in [-0.3, -0.25) is 4.79 Å². The summed E-state index contributed by atoms with van der Waals surface area (Å²) in [7, 11) is 0. The van der Waals surface area contributed by atoms with Gasteiger partial charge in [-0.25, -0.2) is 0 Å². The summed E-state index contributed by atoms with van der Waals surface area (Å²) in [6.07, 6.45) is 5.03. The molecule has 1 aliphatic heterocycles. The molecule has 5 heteroatoms. The van der Waals surface area contributed by atoms with E-state index in [9.17, 15) is 9.90 Å². The van der Waals surface area contributed by atoms with Crippen LogP contribution >= 0.6 is 0 Å². The Morgan fingerprint density at radius 2 is 1.85 bits per heavy atom. The van der Waals surface area contributed by atoms with Crippen molar-refractivity contribution >= 4 is 11.6 Å². The molecular formula is C22H31N3O2. The third-order valence-electron chi connectivity index (χ3n) is 5.53. The molecular weight excluding hydrogens is 338 g/mol. The fourth-order valence-electron chi connectivity index (χ4n) is 4.25. The smallest absolute Gasteiger partial charge is 0.251 e. The first-order valence-electron chi connectivity index (χ1n) is 10.1. The van der Waals surface area contributed by atoms with Crippen molar-refractivity contribution in [3.05, 3.63) is 41.2 Å². The van der Waals surface area contributed by atoms with Gasteiger partial charge in [0.1, 0.15) is 0 Å². The number of aromatic nitrogens is 1. The molecule has 5 nitrogen and oxygen atoms in total. The van der Waals surface area contributed by atoms with E-state index in [1.165, 1.54) is 18.5 Å². The normalized spacial score (nSPS) is 14.1. The molecule has 0 aliphatic carbocycles. The fourth-order valence-corrected chi connectivity index (χ4v) is 4.25. The molecule has 1 saturated heterocycles. The van der Waals surface area contributed by atoms with Crippen LogP contribution in [0.15, 0.2) is 24.3 Å². The van der Waals surface area contributed by atoms with Crippen LogP contribution in [-0.4, -0.2) is 35.3 Å². The Morgan fingerprint density at radius 3 is 2.41 bits per heavy atom. The Kier molecular flexibility index (Phi) is 6.22. The minimum absolute atomic E-state index is 0.134. The van der Waals surface area contributed by atoms with Crippen LogP contribution in [0.1, 0.15) is 54.4 Å². The summed E-state index contributed by atoms with van der Waals surface area (Å²) < 4.78 is 2.17. The fraction of sp³-hybridized carbons (Fsp3) is 0.500. The summed E-state index contributed by atoms with van der Waals surface area (Å²) in [4.78, 5) is 14.7. The number of nitrogens with two attached hydrogens (primary N) is 1. The van der Waals surface area contributed by atoms with Crippen LogP contribution in [-0.2, 0) is 13.0 Å². The first-order valence-corrected chi connectivity index (χ1v) is 10.1. The topological polar surface area (TPSA) is 71.5 Å². The van der Waals surface area contributed by atoms with Crippen molar-refractivity contribution in [2.75, 3.05) is 24.6 Å². The van der Waals surface area contributed by atoms with Gasteiger partial charge >= 0.3 is 0 Å². The van der Waals surface area contributed by atoms with Gasteiger partial charge in [-0.1, -0.05) is 25.5 Å². The molecule has 3 rings (SSSR count). The zero-order valence-corrected chi connectivity index (χ0v) is 16.5. The van der Waals surface area contributed by atoms with Crippen molar-refractivity contribution in [3.8, 4) is 11.1 Å². The molecule has 0 radical (unpaired) electrons. The van der Waals surface area contributed by atoms with Gasteiger partial charge in [-0.2, -0.15) is 0 Å². The predicted octanol–water partition coefficient (Wildman–Crippen LogP) is 3.50. The number of nitrogens with zero attached hydrogens (tertiary/aromatic N) is 2. The monoisotopic (exact) mass is 369 g/mol. The number of amides is 1. The van der Waals surface area contributed by atoms with Crippen molar-refractivity contribution < 1.29 is 9.90 Å². The van der Waals surface area contributed by atoms with E-state index < -0.39 is 0 Å². The van der Waals surface area contributed by atoms with Crippen molar-refractivity contribution in [2.24, 2.45) is 5.73 Å². The van der Waals surface area contributed by atoms with Gasteiger partial charge in [0, 0.05) is 48.9 Å². The summed E-state index contributed by atoms with van der Waals surface area (Å²) >= 11 is 0. The van der Waals surface area contributed by atoms with Crippen molar-refractivity contribution in [3.63, 3.8) is 0 Å². The zero-order valence-electron chi connectivity index (χ0n) is 16.5. The van der Waals surface area contributed by atoms with Crippen molar-refractivity contribution in [2.45, 2.75) is 52.5 Å². The molecule has 146 valence electrons. The summed E-state index contributed by atoms with van der Waals surface area (Å²) in [6.45, 7) is 7.16. The number of rotatable bonds is 8. The minimum Gasteiger partial charge on any atom is -0.396 e. The maximum absolute atomic E-state index is 12.3. The summed E-state index contributed by atoms with van der Waals surface area (Å²) in [5.74, 6) is -0.383. The van der Waals surface area contributed by atoms with Gasteiger partial charge in [0.2, 0.25) is 0 Å². The number of hydrogen-bond donors (Lipinski definition) is 2. The van der Waals surface area contributed by atoms with Crippen LogP contribution in [0.2, 0.25) is 0 Å². The van der Waals surface area contributed by atoms with E-state index in [4.69, 9.17) is 5.73 Å². The Labute approximate surface area is 161 Å². The molecule has 2 heterocycles. The number of carbonyl (C=O) groups is 1. The Morgan fingerprint density at radius 1 is 1.19 bits per heavy atom. The van der Waals surface area contributed by atoms with E-state index >= 15 is 0 Å². The van der Waals surface area contributed by atoms with Gasteiger partial charge in [-0.05, 0) is 50.3 Å². The highest BCUT2D eigenvalue weighted by molar-refractivity contribution is 6.02. The lowest BCUT2D eigenvalue weighted by Gasteiger charge is -2.18. The number of aliphatic hydroxyl groups excluding tert-OH is 1. The molecule has 0 spiro atoms. The van der Waals surface area contributed by atoms with E-state index in [1.807, 2.05) is 6.92 Å². The lowest BCUT2D eigenvalue weighted by atomic mass is 9.97. The van der Waals surface area contributed by atoms with Crippen molar-refractivity contribution in [1.82, 2.24) is 4.57 Å². The standard InChI is InChI=1S/C22H31N3O2/c1-3-7-19-21(20(22(23)27)16(2)25(19)14-6-15-26)17-8-10-18(11-9-17)24-12-4-5-13-24/h8-11,26H,3-7,12-15H2,1-2H3,(H2,23,27). The van der Waals surface area contributed by atoms with Crippen LogP contribution in [0.25, 0.3) is 11.1 Å². The van der Waals surface area contributed by atoms with E-state index in [0.717, 1.165) is 48.4 Å².